The minimum Gasteiger partial charge on any atom is -0.545 e. The summed E-state index contributed by atoms with van der Waals surface area (Å²) < 4.78 is 71.8. The van der Waals surface area contributed by atoms with Gasteiger partial charge in [0.05, 0.1) is 34.9 Å². The number of hydrogen-bond donors (Lipinski definition) is 2. The van der Waals surface area contributed by atoms with Gasteiger partial charge in [-0.15, -0.1) is 0 Å². The Balaban J connectivity index is 0. The zero-order valence-electron chi connectivity index (χ0n) is 21.7. The van der Waals surface area contributed by atoms with E-state index in [0.29, 0.717) is 13.2 Å². The van der Waals surface area contributed by atoms with E-state index in [0.717, 1.165) is 60.6 Å². The van der Waals surface area contributed by atoms with Gasteiger partial charge in [0.15, 0.2) is 0 Å². The summed E-state index contributed by atoms with van der Waals surface area (Å²) in [4.78, 5) is 20.8. The predicted molar refractivity (Wildman–Crippen MR) is 138 cm³/mol. The number of aromatic carboxylic acids is 2. The number of hydrogen-bond acceptors (Lipinski definition) is 10. The summed E-state index contributed by atoms with van der Waals surface area (Å²) in [5, 5.41) is 23.5. The second-order valence-corrected chi connectivity index (χ2v) is 11.8. The summed E-state index contributed by atoms with van der Waals surface area (Å²) in [7, 11) is -8.92. The van der Waals surface area contributed by atoms with Crippen LogP contribution in [0, 0.1) is 0 Å². The van der Waals surface area contributed by atoms with Crippen LogP contribution in [0.15, 0.2) is 46.2 Å². The number of carbonyl (C=O) groups excluding carboxylic acids is 2. The van der Waals surface area contributed by atoms with Crippen molar-refractivity contribution >= 4 is 64.0 Å². The van der Waals surface area contributed by atoms with Crippen LogP contribution in [0.2, 0.25) is 0 Å². The molecule has 40 heavy (non-hydrogen) atoms. The molecule has 0 spiro atoms. The second-order valence-electron chi connectivity index (χ2n) is 7.33. The van der Waals surface area contributed by atoms with Crippen LogP contribution in [0.5, 0.6) is 11.5 Å². The van der Waals surface area contributed by atoms with Crippen LogP contribution in [-0.4, -0.2) is 61.8 Å². The van der Waals surface area contributed by atoms with Crippen LogP contribution < -0.4 is 78.8 Å². The zero-order chi connectivity index (χ0) is 28.9. The first kappa shape index (κ1) is 41.9. The Bertz CT molecular complexity index is 1220. The smallest absolute Gasteiger partial charge is 0.545 e. The molecule has 0 unspecified atom stereocenters. The van der Waals surface area contributed by atoms with Crippen molar-refractivity contribution in [2.75, 3.05) is 23.9 Å². The topological polar surface area (TPSA) is 207 Å². The number of unbranched alkanes of at least 4 members (excludes halogenated alkanes) is 2. The Morgan fingerprint density at radius 1 is 0.675 bits per heavy atom. The number of halogens is 2. The van der Waals surface area contributed by atoms with Crippen molar-refractivity contribution in [2.24, 2.45) is 0 Å². The van der Waals surface area contributed by atoms with Crippen molar-refractivity contribution in [2.45, 2.75) is 35.5 Å². The van der Waals surface area contributed by atoms with Crippen molar-refractivity contribution in [3.8, 4) is 11.5 Å². The summed E-state index contributed by atoms with van der Waals surface area (Å²) in [6, 6.07) is 6.13. The van der Waals surface area contributed by atoms with E-state index in [-0.39, 0.29) is 70.6 Å². The number of carboxylic acid groups (broad SMARTS) is 2. The van der Waals surface area contributed by atoms with Gasteiger partial charge in [-0.25, -0.2) is 0 Å². The molecular formula is C22H24Br2Na2O12S2. The molecule has 2 aromatic rings. The SMILES string of the molecule is O=C([O-])c1cc(S(=O)(=O)O)ccc1OCCCCBr.O=C([O-])c1cc(S(=O)(=O)O)ccc1OCCCCBr.[Na+].[Na+]. The van der Waals surface area contributed by atoms with E-state index in [9.17, 15) is 36.6 Å². The van der Waals surface area contributed by atoms with Crippen LogP contribution in [-0.2, 0) is 20.2 Å². The third kappa shape index (κ3) is 15.3. The molecule has 2 N–H and O–H groups in total. The molecule has 0 aliphatic carbocycles. The van der Waals surface area contributed by atoms with Crippen molar-refractivity contribution in [1.29, 1.82) is 0 Å². The Hall–Kier alpha value is -0.240. The average molecular weight is 750 g/mol. The third-order valence-electron chi connectivity index (χ3n) is 4.51. The number of benzene rings is 2. The van der Waals surface area contributed by atoms with Crippen LogP contribution in [0.3, 0.4) is 0 Å². The maximum atomic E-state index is 10.9. The van der Waals surface area contributed by atoms with Crippen LogP contribution in [0.4, 0.5) is 0 Å². The fourth-order valence-electron chi connectivity index (χ4n) is 2.67. The Kier molecular flexibility index (Phi) is 21.6. The maximum Gasteiger partial charge on any atom is 1.00 e. The molecule has 18 heteroatoms. The van der Waals surface area contributed by atoms with Crippen molar-refractivity contribution in [3.05, 3.63) is 47.5 Å². The Labute approximate surface area is 293 Å². The van der Waals surface area contributed by atoms with Gasteiger partial charge in [0.1, 0.15) is 11.5 Å². The van der Waals surface area contributed by atoms with Crippen molar-refractivity contribution < 1.29 is 114 Å². The van der Waals surface area contributed by atoms with Gasteiger partial charge in [-0.2, -0.15) is 16.8 Å². The number of rotatable bonds is 14. The van der Waals surface area contributed by atoms with E-state index in [2.05, 4.69) is 31.9 Å². The van der Waals surface area contributed by atoms with E-state index >= 15 is 0 Å². The first-order chi connectivity index (χ1) is 17.7. The average Bonchev–Trinajstić information content (AvgIpc) is 2.83. The first-order valence-corrected chi connectivity index (χ1v) is 15.9. The number of carboxylic acids is 2. The fourth-order valence-corrected chi connectivity index (χ4v) is 4.47. The molecule has 0 aromatic heterocycles. The third-order valence-corrected chi connectivity index (χ3v) is 7.33. The molecule has 0 radical (unpaired) electrons. The monoisotopic (exact) mass is 748 g/mol. The van der Waals surface area contributed by atoms with Gasteiger partial charge in [0.2, 0.25) is 0 Å². The quantitative estimate of drug-likeness (QED) is 0.0815. The molecule has 0 aliphatic rings. The molecule has 0 amide bonds. The van der Waals surface area contributed by atoms with E-state index in [1.165, 1.54) is 12.1 Å². The Morgan fingerprint density at radius 3 is 1.25 bits per heavy atom. The molecule has 0 atom stereocenters. The molecular weight excluding hydrogens is 726 g/mol. The van der Waals surface area contributed by atoms with E-state index in [1.807, 2.05) is 0 Å². The van der Waals surface area contributed by atoms with Gasteiger partial charge in [-0.1, -0.05) is 31.9 Å². The molecule has 0 saturated heterocycles. The molecule has 212 valence electrons. The molecule has 0 aliphatic heterocycles. The second kappa shape index (κ2) is 20.6. The van der Waals surface area contributed by atoms with Gasteiger partial charge in [0.25, 0.3) is 20.2 Å². The van der Waals surface area contributed by atoms with Crippen molar-refractivity contribution in [1.82, 2.24) is 0 Å². The van der Waals surface area contributed by atoms with E-state index in [1.54, 1.807) is 0 Å². The van der Waals surface area contributed by atoms with E-state index < -0.39 is 53.1 Å². The molecule has 0 bridgehead atoms. The molecule has 0 heterocycles. The van der Waals surface area contributed by atoms with Gasteiger partial charge >= 0.3 is 59.1 Å². The van der Waals surface area contributed by atoms with Crippen LogP contribution in [0.1, 0.15) is 46.4 Å². The summed E-state index contributed by atoms with van der Waals surface area (Å²) in [6.07, 6.45) is 3.17. The molecule has 0 fully saturated rings. The largest absolute Gasteiger partial charge is 1.00 e. The maximum absolute atomic E-state index is 10.9. The van der Waals surface area contributed by atoms with Gasteiger partial charge in [-0.3, -0.25) is 9.11 Å². The minimum atomic E-state index is -4.46. The number of ether oxygens (including phenoxy) is 2. The van der Waals surface area contributed by atoms with E-state index in [4.69, 9.17) is 18.6 Å². The number of alkyl halides is 2. The fraction of sp³-hybridized carbons (Fsp3) is 0.364. The summed E-state index contributed by atoms with van der Waals surface area (Å²) in [5.74, 6) is -3.11. The molecule has 12 nitrogen and oxygen atoms in total. The van der Waals surface area contributed by atoms with Crippen LogP contribution in [0.25, 0.3) is 0 Å². The molecule has 0 saturated carbocycles. The summed E-state index contributed by atoms with van der Waals surface area (Å²) in [6.45, 7) is 0.605. The number of carbonyl (C=O) groups is 2. The van der Waals surface area contributed by atoms with Gasteiger partial charge < -0.3 is 29.3 Å². The van der Waals surface area contributed by atoms with Gasteiger partial charge in [-0.05, 0) is 62.1 Å². The van der Waals surface area contributed by atoms with Gasteiger partial charge in [0, 0.05) is 21.8 Å². The normalized spacial score (nSPS) is 10.7. The standard InChI is InChI=1S/2C11H13BrO6S.2Na/c2*12-5-1-2-6-18-10-4-3-8(19(15,16)17)7-9(10)11(13)14;;/h2*3-4,7H,1-2,5-6H2,(H,13,14)(H,15,16,17);;/q;;2*+1/p-2. The van der Waals surface area contributed by atoms with Crippen LogP contribution >= 0.6 is 31.9 Å². The summed E-state index contributed by atoms with van der Waals surface area (Å²) >= 11 is 6.50. The molecule has 2 rings (SSSR count). The summed E-state index contributed by atoms with van der Waals surface area (Å²) in [5.41, 5.74) is -0.817. The molecule has 2 aromatic carbocycles. The zero-order valence-corrected chi connectivity index (χ0v) is 30.5. The first-order valence-electron chi connectivity index (χ1n) is 10.8. The minimum absolute atomic E-state index is 0. The van der Waals surface area contributed by atoms with Crippen molar-refractivity contribution in [3.63, 3.8) is 0 Å². The predicted octanol–water partition coefficient (Wildman–Crippen LogP) is -4.29. The Morgan fingerprint density at radius 2 is 1.00 bits per heavy atom.